The Kier molecular flexibility index (Phi) is 28.6. The van der Waals surface area contributed by atoms with Crippen LogP contribution >= 0.6 is 0 Å². The standard InChI is InChI=1S/C46H81N9O14/c1-13-27(12)38(45(67)54-37(26(10)11)43(65)52-32(46(68)69)20-24(6)7)55-44(66)36(25(8)9)53-33(56)21-48-40(62)29(14-16-34(57)58)49-41(63)30(15-17-35(59)60)50-42(64)31(19-23(4)5)51-39(61)28(47)18-22(2)3/h22-32,36-38H,13-21,47H2,1-12H3,(H,48,62)(H,49,63)(H,50,64)(H,51,61)(H,52,65)(H,53,56)(H,54,67)(H,55,66)(H,57,58)(H,59,60)(H,68,69)/t27-,28-,29-,30-,31-,32-,36-,37-,38-/m0/s1. The Hall–Kier alpha value is -5.87. The third kappa shape index (κ3) is 24.8. The number of carbonyl (C=O) groups is 11. The van der Waals surface area contributed by atoms with Crippen LogP contribution in [-0.4, -0.2) is 135 Å². The number of nitrogens with two attached hydrogens (primary N) is 1. The van der Waals surface area contributed by atoms with E-state index in [0.717, 1.165) is 0 Å². The summed E-state index contributed by atoms with van der Waals surface area (Å²) >= 11 is 0. The molecule has 69 heavy (non-hydrogen) atoms. The maximum absolute atomic E-state index is 13.8. The Morgan fingerprint density at radius 3 is 1.25 bits per heavy atom. The van der Waals surface area contributed by atoms with E-state index in [1.54, 1.807) is 69.2 Å². The van der Waals surface area contributed by atoms with Crippen molar-refractivity contribution in [3.8, 4) is 0 Å². The zero-order chi connectivity index (χ0) is 53.5. The van der Waals surface area contributed by atoms with Crippen LogP contribution in [0.2, 0.25) is 0 Å². The molecule has 0 spiro atoms. The summed E-state index contributed by atoms with van der Waals surface area (Å²) in [5.74, 6) is -12.2. The molecule has 0 fully saturated rings. The van der Waals surface area contributed by atoms with Gasteiger partial charge in [-0.3, -0.25) is 47.9 Å². The number of amides is 8. The van der Waals surface area contributed by atoms with Crippen molar-refractivity contribution in [1.29, 1.82) is 0 Å². The normalized spacial score (nSPS) is 15.3. The van der Waals surface area contributed by atoms with E-state index < -0.39 is 163 Å². The molecule has 0 rings (SSSR count). The first-order valence-corrected chi connectivity index (χ1v) is 23.7. The van der Waals surface area contributed by atoms with Gasteiger partial charge in [0.25, 0.3) is 0 Å². The lowest BCUT2D eigenvalue weighted by Crippen LogP contribution is -2.61. The molecular weight excluding hydrogens is 903 g/mol. The molecule has 0 aromatic rings. The maximum Gasteiger partial charge on any atom is 0.326 e. The highest BCUT2D eigenvalue weighted by atomic mass is 16.4. The number of rotatable bonds is 33. The van der Waals surface area contributed by atoms with Crippen molar-refractivity contribution in [1.82, 2.24) is 42.5 Å². The largest absolute Gasteiger partial charge is 0.481 e. The highest BCUT2D eigenvalue weighted by Crippen LogP contribution is 2.14. The van der Waals surface area contributed by atoms with Gasteiger partial charge in [-0.25, -0.2) is 4.79 Å². The zero-order valence-corrected chi connectivity index (χ0v) is 42.4. The second-order valence-electron chi connectivity index (χ2n) is 19.6. The van der Waals surface area contributed by atoms with E-state index in [0.29, 0.717) is 12.8 Å². The summed E-state index contributed by atoms with van der Waals surface area (Å²) in [5.41, 5.74) is 6.02. The Morgan fingerprint density at radius 1 is 0.435 bits per heavy atom. The SMILES string of the molecule is CC[C@H](C)[C@H](NC(=O)[C@@H](NC(=O)CNC(=O)[C@H](CCC(=O)O)NC(=O)[C@H](CCC(=O)O)NC(=O)[C@H](CC(C)C)NC(=O)[C@@H](N)CC(C)C)C(C)C)C(=O)N[C@H](C(=O)N[C@@H](CC(C)C)C(=O)O)C(C)C. The molecule has 0 unspecified atom stereocenters. The number of carboxylic acid groups (broad SMARTS) is 3. The molecule has 0 aromatic carbocycles. The number of hydrogen-bond acceptors (Lipinski definition) is 12. The third-order valence-electron chi connectivity index (χ3n) is 11.0. The van der Waals surface area contributed by atoms with Crippen LogP contribution in [0.25, 0.3) is 0 Å². The Balaban J connectivity index is 6.24. The lowest BCUT2D eigenvalue weighted by atomic mass is 9.95. The van der Waals surface area contributed by atoms with Crippen molar-refractivity contribution in [2.24, 2.45) is 41.2 Å². The summed E-state index contributed by atoms with van der Waals surface area (Å²) in [4.78, 5) is 143. The smallest absolute Gasteiger partial charge is 0.326 e. The van der Waals surface area contributed by atoms with Gasteiger partial charge < -0.3 is 63.6 Å². The molecule has 13 N–H and O–H groups in total. The van der Waals surface area contributed by atoms with E-state index in [2.05, 4.69) is 42.5 Å². The third-order valence-corrected chi connectivity index (χ3v) is 11.0. The van der Waals surface area contributed by atoms with Gasteiger partial charge in [-0.15, -0.1) is 0 Å². The fourth-order valence-corrected chi connectivity index (χ4v) is 6.94. The predicted molar refractivity (Wildman–Crippen MR) is 253 cm³/mol. The molecule has 23 heteroatoms. The van der Waals surface area contributed by atoms with Crippen LogP contribution in [0.3, 0.4) is 0 Å². The zero-order valence-electron chi connectivity index (χ0n) is 42.4. The van der Waals surface area contributed by atoms with Crippen LogP contribution in [0.15, 0.2) is 0 Å². The van der Waals surface area contributed by atoms with E-state index in [4.69, 9.17) is 5.73 Å². The molecule has 0 radical (unpaired) electrons. The first-order valence-electron chi connectivity index (χ1n) is 23.7. The molecule has 8 amide bonds. The topological polar surface area (TPSA) is 371 Å². The van der Waals surface area contributed by atoms with Crippen molar-refractivity contribution in [3.63, 3.8) is 0 Å². The monoisotopic (exact) mass is 984 g/mol. The minimum absolute atomic E-state index is 0.0570. The highest BCUT2D eigenvalue weighted by molar-refractivity contribution is 5.97. The van der Waals surface area contributed by atoms with E-state index in [-0.39, 0.29) is 30.6 Å². The lowest BCUT2D eigenvalue weighted by molar-refractivity contribution is -0.143. The van der Waals surface area contributed by atoms with Crippen molar-refractivity contribution >= 4 is 65.2 Å². The molecule has 394 valence electrons. The molecular formula is C46H81N9O14. The van der Waals surface area contributed by atoms with Crippen molar-refractivity contribution in [2.45, 2.75) is 183 Å². The summed E-state index contributed by atoms with van der Waals surface area (Å²) in [6, 6.07) is -10.2. The van der Waals surface area contributed by atoms with Gasteiger partial charge >= 0.3 is 17.9 Å². The highest BCUT2D eigenvalue weighted by Gasteiger charge is 2.36. The van der Waals surface area contributed by atoms with E-state index >= 15 is 0 Å². The average Bonchev–Trinajstić information content (AvgIpc) is 3.23. The van der Waals surface area contributed by atoms with Crippen LogP contribution in [-0.2, 0) is 52.7 Å². The summed E-state index contributed by atoms with van der Waals surface area (Å²) in [7, 11) is 0. The lowest BCUT2D eigenvalue weighted by Gasteiger charge is -2.30. The quantitative estimate of drug-likeness (QED) is 0.0416. The average molecular weight is 984 g/mol. The molecule has 0 aliphatic rings. The Bertz CT molecular complexity index is 1770. The molecule has 0 saturated heterocycles. The molecule has 0 aliphatic carbocycles. The van der Waals surface area contributed by atoms with Gasteiger partial charge in [-0.05, 0) is 67.6 Å². The fraction of sp³-hybridized carbons (Fsp3) is 0.761. The van der Waals surface area contributed by atoms with Gasteiger partial charge in [-0.2, -0.15) is 0 Å². The Morgan fingerprint density at radius 2 is 0.812 bits per heavy atom. The fourth-order valence-electron chi connectivity index (χ4n) is 6.94. The second-order valence-corrected chi connectivity index (χ2v) is 19.6. The van der Waals surface area contributed by atoms with Gasteiger partial charge in [0, 0.05) is 12.8 Å². The van der Waals surface area contributed by atoms with E-state index in [9.17, 15) is 68.1 Å². The predicted octanol–water partition coefficient (Wildman–Crippen LogP) is 0.134. The van der Waals surface area contributed by atoms with Crippen molar-refractivity contribution in [2.75, 3.05) is 6.54 Å². The van der Waals surface area contributed by atoms with Crippen LogP contribution < -0.4 is 48.3 Å². The number of hydrogen-bond donors (Lipinski definition) is 12. The molecule has 0 heterocycles. The molecule has 0 aromatic heterocycles. The van der Waals surface area contributed by atoms with Crippen LogP contribution in [0.5, 0.6) is 0 Å². The van der Waals surface area contributed by atoms with E-state index in [1.807, 2.05) is 13.8 Å². The van der Waals surface area contributed by atoms with Crippen LogP contribution in [0.4, 0.5) is 0 Å². The van der Waals surface area contributed by atoms with Crippen LogP contribution in [0.1, 0.15) is 134 Å². The minimum atomic E-state index is -1.62. The van der Waals surface area contributed by atoms with E-state index in [1.165, 1.54) is 0 Å². The molecule has 9 atom stereocenters. The second kappa shape index (κ2) is 31.3. The van der Waals surface area contributed by atoms with Gasteiger partial charge in [0.05, 0.1) is 12.6 Å². The van der Waals surface area contributed by atoms with Gasteiger partial charge in [0.15, 0.2) is 0 Å². The Labute approximate surface area is 405 Å². The van der Waals surface area contributed by atoms with Gasteiger partial charge in [0.2, 0.25) is 47.3 Å². The molecule has 23 nitrogen and oxygen atoms in total. The first-order chi connectivity index (χ1) is 31.9. The number of carbonyl (C=O) groups excluding carboxylic acids is 8. The first kappa shape index (κ1) is 63.1. The van der Waals surface area contributed by atoms with Gasteiger partial charge in [0.1, 0.15) is 42.3 Å². The number of carboxylic acids is 3. The minimum Gasteiger partial charge on any atom is -0.481 e. The molecule has 0 saturated carbocycles. The number of aliphatic carboxylic acids is 3. The summed E-state index contributed by atoms with van der Waals surface area (Å²) < 4.78 is 0. The number of nitrogens with one attached hydrogen (secondary N) is 8. The molecule has 0 bridgehead atoms. The van der Waals surface area contributed by atoms with Crippen molar-refractivity contribution < 1.29 is 68.1 Å². The summed E-state index contributed by atoms with van der Waals surface area (Å²) in [6.45, 7) is 20.1. The summed E-state index contributed by atoms with van der Waals surface area (Å²) in [5, 5.41) is 48.4. The van der Waals surface area contributed by atoms with Crippen LogP contribution in [0, 0.1) is 35.5 Å². The van der Waals surface area contributed by atoms with Gasteiger partial charge in [-0.1, -0.05) is 89.5 Å². The molecule has 0 aliphatic heterocycles. The maximum atomic E-state index is 13.8. The summed E-state index contributed by atoms with van der Waals surface area (Å²) in [6.07, 6.45) is -1.23. The van der Waals surface area contributed by atoms with Crippen molar-refractivity contribution in [3.05, 3.63) is 0 Å².